The molecule has 2 heteroatoms. The van der Waals surface area contributed by atoms with Gasteiger partial charge in [0.1, 0.15) is 0 Å². The zero-order valence-electron chi connectivity index (χ0n) is 8.84. The minimum Gasteiger partial charge on any atom is -0.313 e. The van der Waals surface area contributed by atoms with Crippen molar-refractivity contribution < 1.29 is 0 Å². The van der Waals surface area contributed by atoms with Gasteiger partial charge in [0.25, 0.3) is 0 Å². The van der Waals surface area contributed by atoms with Crippen LogP contribution in [-0.4, -0.2) is 12.8 Å². The van der Waals surface area contributed by atoms with Crippen LogP contribution in [-0.2, 0) is 5.75 Å². The average molecular weight is 207 g/mol. The molecule has 2 rings (SSSR count). The molecule has 0 saturated heterocycles. The van der Waals surface area contributed by atoms with Crippen LogP contribution in [0.3, 0.4) is 0 Å². The Bertz CT molecular complexity index is 322. The molecule has 0 amide bonds. The molecular formula is C12H17NS. The SMILES string of the molecule is CNC1CCSCc2c(C)cccc21. The number of benzene rings is 1. The lowest BCUT2D eigenvalue weighted by Gasteiger charge is -2.17. The summed E-state index contributed by atoms with van der Waals surface area (Å²) >= 11 is 2.05. The van der Waals surface area contributed by atoms with Crippen molar-refractivity contribution >= 4 is 11.8 Å². The minimum absolute atomic E-state index is 0.555. The Kier molecular flexibility index (Phi) is 3.14. The fraction of sp³-hybridized carbons (Fsp3) is 0.500. The van der Waals surface area contributed by atoms with Crippen molar-refractivity contribution in [1.82, 2.24) is 5.32 Å². The number of aryl methyl sites for hydroxylation is 1. The zero-order valence-corrected chi connectivity index (χ0v) is 9.66. The molecule has 0 aliphatic carbocycles. The van der Waals surface area contributed by atoms with Gasteiger partial charge in [-0.1, -0.05) is 18.2 Å². The van der Waals surface area contributed by atoms with E-state index >= 15 is 0 Å². The highest BCUT2D eigenvalue weighted by atomic mass is 32.2. The summed E-state index contributed by atoms with van der Waals surface area (Å²) in [4.78, 5) is 0. The van der Waals surface area contributed by atoms with E-state index in [0.29, 0.717) is 6.04 Å². The third-order valence-corrected chi connectivity index (χ3v) is 3.98. The van der Waals surface area contributed by atoms with Crippen LogP contribution >= 0.6 is 11.8 Å². The zero-order chi connectivity index (χ0) is 9.97. The highest BCUT2D eigenvalue weighted by molar-refractivity contribution is 7.98. The fourth-order valence-corrected chi connectivity index (χ4v) is 3.22. The van der Waals surface area contributed by atoms with Crippen molar-refractivity contribution in [2.45, 2.75) is 25.1 Å². The van der Waals surface area contributed by atoms with Crippen LogP contribution in [0, 0.1) is 6.92 Å². The van der Waals surface area contributed by atoms with E-state index in [4.69, 9.17) is 0 Å². The van der Waals surface area contributed by atoms with Crippen LogP contribution < -0.4 is 5.32 Å². The first-order chi connectivity index (χ1) is 6.83. The van der Waals surface area contributed by atoms with Gasteiger partial charge < -0.3 is 5.32 Å². The molecule has 1 aromatic carbocycles. The second-order valence-electron chi connectivity index (χ2n) is 3.83. The van der Waals surface area contributed by atoms with Crippen molar-refractivity contribution in [3.05, 3.63) is 34.9 Å². The Morgan fingerprint density at radius 3 is 3.07 bits per heavy atom. The van der Waals surface area contributed by atoms with Crippen LogP contribution in [0.1, 0.15) is 29.2 Å². The molecule has 1 nitrogen and oxygen atoms in total. The van der Waals surface area contributed by atoms with E-state index in [1.807, 2.05) is 0 Å². The number of hydrogen-bond donors (Lipinski definition) is 1. The molecule has 14 heavy (non-hydrogen) atoms. The Balaban J connectivity index is 2.44. The number of thioether (sulfide) groups is 1. The molecule has 1 atom stereocenters. The Morgan fingerprint density at radius 1 is 1.43 bits per heavy atom. The summed E-state index contributed by atoms with van der Waals surface area (Å²) in [6.07, 6.45) is 1.25. The number of hydrogen-bond acceptors (Lipinski definition) is 2. The molecule has 0 aromatic heterocycles. The highest BCUT2D eigenvalue weighted by Gasteiger charge is 2.17. The molecule has 1 heterocycles. The molecule has 1 aromatic rings. The summed E-state index contributed by atoms with van der Waals surface area (Å²) in [6.45, 7) is 2.22. The average Bonchev–Trinajstić information content (AvgIpc) is 2.40. The third-order valence-electron chi connectivity index (χ3n) is 2.97. The van der Waals surface area contributed by atoms with E-state index in [2.05, 4.69) is 49.2 Å². The van der Waals surface area contributed by atoms with Gasteiger partial charge in [-0.15, -0.1) is 0 Å². The second-order valence-corrected chi connectivity index (χ2v) is 4.93. The summed E-state index contributed by atoms with van der Waals surface area (Å²) in [5.74, 6) is 2.44. The Labute approximate surface area is 90.3 Å². The van der Waals surface area contributed by atoms with E-state index in [9.17, 15) is 0 Å². The Morgan fingerprint density at radius 2 is 2.29 bits per heavy atom. The van der Waals surface area contributed by atoms with E-state index in [0.717, 1.165) is 0 Å². The van der Waals surface area contributed by atoms with Gasteiger partial charge in [-0.3, -0.25) is 0 Å². The predicted molar refractivity (Wildman–Crippen MR) is 63.8 cm³/mol. The van der Waals surface area contributed by atoms with E-state index in [1.165, 1.54) is 29.1 Å². The molecule has 1 aliphatic rings. The maximum Gasteiger partial charge on any atom is 0.0328 e. The quantitative estimate of drug-likeness (QED) is 0.760. The van der Waals surface area contributed by atoms with Gasteiger partial charge in [-0.25, -0.2) is 0 Å². The first kappa shape index (κ1) is 10.1. The lowest BCUT2D eigenvalue weighted by Crippen LogP contribution is -2.17. The monoisotopic (exact) mass is 207 g/mol. The van der Waals surface area contributed by atoms with Crippen molar-refractivity contribution in [3.8, 4) is 0 Å². The minimum atomic E-state index is 0.555. The molecule has 1 N–H and O–H groups in total. The standard InChI is InChI=1S/C12H17NS/c1-9-4-3-5-10-11(9)8-14-7-6-12(10)13-2/h3-5,12-13H,6-8H2,1-2H3. The molecular weight excluding hydrogens is 190 g/mol. The van der Waals surface area contributed by atoms with Crippen molar-refractivity contribution in [1.29, 1.82) is 0 Å². The first-order valence-electron chi connectivity index (χ1n) is 5.16. The lowest BCUT2D eigenvalue weighted by molar-refractivity contribution is 0.581. The number of nitrogens with one attached hydrogen (secondary N) is 1. The maximum atomic E-state index is 3.41. The van der Waals surface area contributed by atoms with Crippen LogP contribution in [0.4, 0.5) is 0 Å². The van der Waals surface area contributed by atoms with E-state index < -0.39 is 0 Å². The van der Waals surface area contributed by atoms with Gasteiger partial charge in [0, 0.05) is 11.8 Å². The van der Waals surface area contributed by atoms with Gasteiger partial charge in [0.2, 0.25) is 0 Å². The summed E-state index contributed by atoms with van der Waals surface area (Å²) in [6, 6.07) is 7.22. The maximum absolute atomic E-state index is 3.41. The summed E-state index contributed by atoms with van der Waals surface area (Å²) in [5.41, 5.74) is 4.50. The molecule has 0 spiro atoms. The molecule has 0 bridgehead atoms. The summed E-state index contributed by atoms with van der Waals surface area (Å²) < 4.78 is 0. The molecule has 1 aliphatic heterocycles. The van der Waals surface area contributed by atoms with Crippen molar-refractivity contribution in [3.63, 3.8) is 0 Å². The van der Waals surface area contributed by atoms with Crippen LogP contribution in [0.25, 0.3) is 0 Å². The molecule has 0 radical (unpaired) electrons. The topological polar surface area (TPSA) is 12.0 Å². The number of fused-ring (bicyclic) bond motifs is 1. The van der Waals surface area contributed by atoms with Crippen LogP contribution in [0.15, 0.2) is 18.2 Å². The second kappa shape index (κ2) is 4.37. The van der Waals surface area contributed by atoms with Gasteiger partial charge in [0.05, 0.1) is 0 Å². The largest absolute Gasteiger partial charge is 0.313 e. The van der Waals surface area contributed by atoms with Crippen molar-refractivity contribution in [2.75, 3.05) is 12.8 Å². The Hall–Kier alpha value is -0.470. The highest BCUT2D eigenvalue weighted by Crippen LogP contribution is 2.31. The molecule has 76 valence electrons. The number of rotatable bonds is 1. The fourth-order valence-electron chi connectivity index (χ4n) is 2.08. The van der Waals surface area contributed by atoms with Crippen LogP contribution in [0.2, 0.25) is 0 Å². The smallest absolute Gasteiger partial charge is 0.0328 e. The third kappa shape index (κ3) is 1.82. The van der Waals surface area contributed by atoms with Gasteiger partial charge in [-0.2, -0.15) is 11.8 Å². The van der Waals surface area contributed by atoms with Gasteiger partial charge >= 0.3 is 0 Å². The molecule has 1 unspecified atom stereocenters. The lowest BCUT2D eigenvalue weighted by atomic mass is 9.96. The molecule has 0 saturated carbocycles. The van der Waals surface area contributed by atoms with Gasteiger partial charge in [0.15, 0.2) is 0 Å². The predicted octanol–water partition coefficient (Wildman–Crippen LogP) is 2.89. The van der Waals surface area contributed by atoms with E-state index in [1.54, 1.807) is 5.56 Å². The first-order valence-corrected chi connectivity index (χ1v) is 6.32. The summed E-state index contributed by atoms with van der Waals surface area (Å²) in [5, 5.41) is 3.41. The normalized spacial score (nSPS) is 21.4. The summed E-state index contributed by atoms with van der Waals surface area (Å²) in [7, 11) is 2.06. The van der Waals surface area contributed by atoms with Gasteiger partial charge in [-0.05, 0) is 42.8 Å². The van der Waals surface area contributed by atoms with Crippen LogP contribution in [0.5, 0.6) is 0 Å². The van der Waals surface area contributed by atoms with Crippen molar-refractivity contribution in [2.24, 2.45) is 0 Å². The molecule has 0 fully saturated rings. The van der Waals surface area contributed by atoms with E-state index in [-0.39, 0.29) is 0 Å².